The molecule has 30 heteroatoms. The smallest absolute Gasteiger partial charge is 0.407 e. The number of unbranched alkanes of at least 4 members (excludes halogenated alkanes) is 3. The van der Waals surface area contributed by atoms with Gasteiger partial charge in [0.2, 0.25) is 24.5 Å². The van der Waals surface area contributed by atoms with Crippen LogP contribution in [0.3, 0.4) is 0 Å². The predicted molar refractivity (Wildman–Crippen MR) is 363 cm³/mol. The largest absolute Gasteiger partial charge is 0.458 e. The Labute approximate surface area is 588 Å². The second-order valence-corrected chi connectivity index (χ2v) is 26.1. The summed E-state index contributed by atoms with van der Waals surface area (Å²) in [6.07, 6.45) is 6.53. The van der Waals surface area contributed by atoms with Crippen LogP contribution in [0.5, 0.6) is 11.5 Å². The van der Waals surface area contributed by atoms with Gasteiger partial charge in [0.15, 0.2) is 17.1 Å². The number of cyclic esters (lactones) is 1. The summed E-state index contributed by atoms with van der Waals surface area (Å²) in [6, 6.07) is 3.90. The molecule has 3 aromatic rings. The Morgan fingerprint density at radius 2 is 1.23 bits per heavy atom. The number of ether oxygens (including phenoxy) is 12. The number of fused-ring (bicyclic) bond motifs is 6. The Kier molecular flexibility index (Phi) is 32.9. The minimum absolute atomic E-state index is 0.0180. The Hall–Kier alpha value is -7.81. The van der Waals surface area contributed by atoms with Gasteiger partial charge in [-0.25, -0.2) is 14.6 Å². The molecular weight excluding hydrogens is 1320 g/mol. The van der Waals surface area contributed by atoms with E-state index in [1.807, 2.05) is 0 Å². The number of ketones is 2. The third kappa shape index (κ3) is 25.3. The molecule has 6 heterocycles. The number of hydrogen-bond donors (Lipinski definition) is 5. The van der Waals surface area contributed by atoms with E-state index in [0.29, 0.717) is 176 Å². The highest BCUT2D eigenvalue weighted by atomic mass is 16.7. The van der Waals surface area contributed by atoms with Gasteiger partial charge in [-0.1, -0.05) is 27.2 Å². The van der Waals surface area contributed by atoms with Gasteiger partial charge in [-0.3, -0.25) is 43.3 Å². The van der Waals surface area contributed by atoms with Crippen molar-refractivity contribution in [2.75, 3.05) is 132 Å². The second kappa shape index (κ2) is 41.3. The first-order valence-corrected chi connectivity index (χ1v) is 35.0. The monoisotopic (exact) mass is 1420 g/mol. The Morgan fingerprint density at radius 3 is 1.82 bits per heavy atom. The van der Waals surface area contributed by atoms with Gasteiger partial charge in [0.1, 0.15) is 29.8 Å². The zero-order valence-electron chi connectivity index (χ0n) is 59.1. The highest BCUT2D eigenvalue weighted by molar-refractivity contribution is 6.12. The lowest BCUT2D eigenvalue weighted by atomic mass is 9.86. The fourth-order valence-electron chi connectivity index (χ4n) is 11.5. The SMILES string of the molecule is CC[C@@]1(O)C(=O)OCc2c1cc1n(c2=O)Cc2c-1nc1cc3c(cc1c2CNC(=O)CNC(=O)[C@H](CCCCNC(=O)OC(C)(C)C)NC(=O)[C@@H](CC(=O)CCOCCOCCOCCOCCOCCOCCOCCOCCCC(=O)CCCCCN1C(=O)C=CC1=O)C(C)C)OCO3. The first-order valence-electron chi connectivity index (χ1n) is 35.0. The van der Waals surface area contributed by atoms with Crippen molar-refractivity contribution in [1.82, 2.24) is 35.7 Å². The number of imide groups is 1. The highest BCUT2D eigenvalue weighted by Crippen LogP contribution is 2.43. The fraction of sp³-hybridized carbons (Fsp3) is 0.648. The van der Waals surface area contributed by atoms with E-state index < -0.39 is 65.0 Å². The maximum atomic E-state index is 14.1. The van der Waals surface area contributed by atoms with Gasteiger partial charge in [0.05, 0.1) is 135 Å². The number of carbonyl (C=O) groups excluding carboxylic acids is 9. The number of aliphatic hydroxyl groups is 1. The van der Waals surface area contributed by atoms with E-state index in [1.165, 1.54) is 21.6 Å². The molecule has 4 aliphatic heterocycles. The molecule has 30 nitrogen and oxygen atoms in total. The number of aromatic nitrogens is 2. The number of nitrogens with one attached hydrogen (secondary N) is 4. The van der Waals surface area contributed by atoms with Crippen LogP contribution in [-0.2, 0) is 111 Å². The molecule has 6 amide bonds. The zero-order chi connectivity index (χ0) is 72.7. The van der Waals surface area contributed by atoms with Crippen molar-refractivity contribution in [1.29, 1.82) is 0 Å². The molecule has 4 aliphatic rings. The maximum Gasteiger partial charge on any atom is 0.407 e. The molecule has 558 valence electrons. The van der Waals surface area contributed by atoms with Crippen LogP contribution in [0.1, 0.15) is 141 Å². The number of esters is 1. The molecular formula is C71H101N7O23. The lowest BCUT2D eigenvalue weighted by Gasteiger charge is -2.31. The van der Waals surface area contributed by atoms with Crippen LogP contribution < -0.4 is 36.3 Å². The topological polar surface area (TPSA) is 371 Å². The maximum absolute atomic E-state index is 14.1. The van der Waals surface area contributed by atoms with Gasteiger partial charge in [-0.15, -0.1) is 0 Å². The Morgan fingerprint density at radius 1 is 0.644 bits per heavy atom. The number of alkyl carbamates (subject to hydrolysis) is 1. The summed E-state index contributed by atoms with van der Waals surface area (Å²) < 4.78 is 67.9. The third-order valence-electron chi connectivity index (χ3n) is 17.1. The van der Waals surface area contributed by atoms with E-state index in [2.05, 4.69) is 21.3 Å². The summed E-state index contributed by atoms with van der Waals surface area (Å²) in [4.78, 5) is 136. The Bertz CT molecular complexity index is 3390. The first-order chi connectivity index (χ1) is 48.6. The lowest BCUT2D eigenvalue weighted by Crippen LogP contribution is -2.51. The molecule has 0 fully saturated rings. The lowest BCUT2D eigenvalue weighted by molar-refractivity contribution is -0.172. The molecule has 0 aliphatic carbocycles. The second-order valence-electron chi connectivity index (χ2n) is 26.1. The number of pyridine rings is 2. The average Bonchev–Trinajstić information content (AvgIpc) is 1.59. The van der Waals surface area contributed by atoms with E-state index in [1.54, 1.807) is 59.7 Å². The molecule has 0 bridgehead atoms. The van der Waals surface area contributed by atoms with Gasteiger partial charge in [-0.2, -0.15) is 0 Å². The minimum Gasteiger partial charge on any atom is -0.458 e. The molecule has 0 saturated heterocycles. The van der Waals surface area contributed by atoms with Gasteiger partial charge >= 0.3 is 12.1 Å². The van der Waals surface area contributed by atoms with Crippen LogP contribution in [0.2, 0.25) is 0 Å². The molecule has 3 atom stereocenters. The average molecular weight is 1420 g/mol. The molecule has 1 aromatic carbocycles. The molecule has 0 radical (unpaired) electrons. The van der Waals surface area contributed by atoms with Crippen molar-refractivity contribution in [2.24, 2.45) is 11.8 Å². The van der Waals surface area contributed by atoms with E-state index in [9.17, 15) is 53.1 Å². The van der Waals surface area contributed by atoms with Gasteiger partial charge in [0, 0.05) is 92.6 Å². The van der Waals surface area contributed by atoms with Gasteiger partial charge in [0.25, 0.3) is 17.4 Å². The summed E-state index contributed by atoms with van der Waals surface area (Å²) in [5, 5.41) is 23.1. The summed E-state index contributed by atoms with van der Waals surface area (Å²) in [5.74, 6) is -3.41. The molecule has 101 heavy (non-hydrogen) atoms. The van der Waals surface area contributed by atoms with Crippen LogP contribution in [0.4, 0.5) is 4.79 Å². The molecule has 2 aromatic heterocycles. The van der Waals surface area contributed by atoms with Crippen LogP contribution in [0.25, 0.3) is 22.3 Å². The first kappa shape index (κ1) is 80.5. The van der Waals surface area contributed by atoms with E-state index in [4.69, 9.17) is 61.8 Å². The van der Waals surface area contributed by atoms with Crippen LogP contribution >= 0.6 is 0 Å². The number of hydrogen-bond acceptors (Lipinski definition) is 24. The summed E-state index contributed by atoms with van der Waals surface area (Å²) in [7, 11) is 0. The van der Waals surface area contributed by atoms with E-state index in [-0.39, 0.29) is 119 Å². The number of amides is 6. The molecule has 0 spiro atoms. The quantitative estimate of drug-likeness (QED) is 0.0234. The van der Waals surface area contributed by atoms with Crippen molar-refractivity contribution in [3.63, 3.8) is 0 Å². The van der Waals surface area contributed by atoms with Crippen molar-refractivity contribution in [3.05, 3.63) is 63.0 Å². The third-order valence-corrected chi connectivity index (χ3v) is 17.1. The molecule has 0 unspecified atom stereocenters. The number of benzene rings is 1. The van der Waals surface area contributed by atoms with Crippen LogP contribution in [0, 0.1) is 11.8 Å². The summed E-state index contributed by atoms with van der Waals surface area (Å²) >= 11 is 0. The van der Waals surface area contributed by atoms with E-state index >= 15 is 0 Å². The van der Waals surface area contributed by atoms with Crippen LogP contribution in [-0.4, -0.2) is 217 Å². The van der Waals surface area contributed by atoms with Crippen molar-refractivity contribution >= 4 is 64.1 Å². The molecule has 5 N–H and O–H groups in total. The zero-order valence-corrected chi connectivity index (χ0v) is 59.1. The molecule has 0 saturated carbocycles. The van der Waals surface area contributed by atoms with Gasteiger partial charge in [-0.05, 0) is 89.3 Å². The van der Waals surface area contributed by atoms with Crippen LogP contribution in [0.15, 0.2) is 35.1 Å². The number of nitrogens with zero attached hydrogens (tertiary/aromatic N) is 3. The van der Waals surface area contributed by atoms with Crippen molar-refractivity contribution in [2.45, 2.75) is 156 Å². The number of Topliss-reactive ketones (excluding diaryl/α,β-unsaturated/α-hetero) is 2. The molecule has 7 rings (SSSR count). The predicted octanol–water partition coefficient (Wildman–Crippen LogP) is 4.31. The fourth-order valence-corrected chi connectivity index (χ4v) is 11.5. The number of carbonyl (C=O) groups is 9. The van der Waals surface area contributed by atoms with Crippen molar-refractivity contribution < 1.29 is 105 Å². The standard InChI is InChI=1S/C71H101N7O23/c1-7-71(89)55-40-58-64-53(44-78(58)67(86)54(55)45-98-68(71)87)52(51-39-59-60(100-46-99-59)41-57(51)75-64)42-73-61(81)43-74-66(85)56(16-10-11-20-72-69(88)101-70(4,5)6)76-65(84)50(47(2)3)38-49(80)19-23-91-25-27-93-29-31-95-33-35-97-37-36-96-34-32-94-30-28-92-26-24-90-22-13-15-48(79)14-9-8-12-21-77-62(82)17-18-63(77)83/h17-18,39-41,47,50,56,89H,7-16,19-38,42-46H2,1-6H3,(H,72,88)(H,73,81)(H,74,85)(H,76,84)/t50-,56-,71-/m0/s1. The van der Waals surface area contributed by atoms with Crippen molar-refractivity contribution in [3.8, 4) is 22.9 Å². The normalized spacial score (nSPS) is 15.7. The minimum atomic E-state index is -2.04. The summed E-state index contributed by atoms with van der Waals surface area (Å²) in [5.41, 5.74) is -0.505. The number of rotatable bonds is 50. The summed E-state index contributed by atoms with van der Waals surface area (Å²) in [6.45, 7) is 16.0. The Balaban J connectivity index is 0.734. The highest BCUT2D eigenvalue weighted by Gasteiger charge is 2.46. The van der Waals surface area contributed by atoms with E-state index in [0.717, 1.165) is 12.8 Å². The van der Waals surface area contributed by atoms with Gasteiger partial charge < -0.3 is 87.8 Å².